The first-order valence-corrected chi connectivity index (χ1v) is 8.32. The van der Waals surface area contributed by atoms with Crippen LogP contribution in [-0.4, -0.2) is 41.6 Å². The molecule has 3 rings (SSSR count). The number of carbonyl (C=O) groups excluding carboxylic acids is 1. The summed E-state index contributed by atoms with van der Waals surface area (Å²) in [7, 11) is 4.14. The van der Waals surface area contributed by atoms with Crippen molar-refractivity contribution in [2.24, 2.45) is 5.73 Å². The van der Waals surface area contributed by atoms with Crippen LogP contribution in [0.5, 0.6) is 0 Å². The predicted molar refractivity (Wildman–Crippen MR) is 109 cm³/mol. The Morgan fingerprint density at radius 1 is 1.24 bits per heavy atom. The maximum atomic E-state index is 12.5. The summed E-state index contributed by atoms with van der Waals surface area (Å²) < 4.78 is 2.22. The number of aromatic nitrogens is 1. The molecule has 0 saturated heterocycles. The summed E-state index contributed by atoms with van der Waals surface area (Å²) in [4.78, 5) is 14.6. The molecule has 1 aliphatic rings. The van der Waals surface area contributed by atoms with Crippen LogP contribution >= 0.6 is 24.8 Å². The van der Waals surface area contributed by atoms with Crippen molar-refractivity contribution in [3.05, 3.63) is 30.5 Å². The van der Waals surface area contributed by atoms with Crippen molar-refractivity contribution < 1.29 is 4.79 Å². The fourth-order valence-corrected chi connectivity index (χ4v) is 3.25. The Balaban J connectivity index is 0.00000156. The number of nitrogens with two attached hydrogens (primary N) is 1. The molecule has 1 heterocycles. The lowest BCUT2D eigenvalue weighted by molar-refractivity contribution is -0.121. The first-order valence-electron chi connectivity index (χ1n) is 8.32. The molecule has 0 atom stereocenters. The fourth-order valence-electron chi connectivity index (χ4n) is 3.25. The van der Waals surface area contributed by atoms with Crippen LogP contribution in [0.1, 0.15) is 25.7 Å². The predicted octanol–water partition coefficient (Wildman–Crippen LogP) is 3.26. The van der Waals surface area contributed by atoms with Crippen LogP contribution in [0.2, 0.25) is 0 Å². The summed E-state index contributed by atoms with van der Waals surface area (Å²) >= 11 is 0. The van der Waals surface area contributed by atoms with Gasteiger partial charge in [0.25, 0.3) is 0 Å². The van der Waals surface area contributed by atoms with Crippen LogP contribution in [0.3, 0.4) is 0 Å². The van der Waals surface area contributed by atoms with E-state index in [1.54, 1.807) is 0 Å². The molecule has 0 bridgehead atoms. The molecule has 7 heteroatoms. The van der Waals surface area contributed by atoms with Crippen molar-refractivity contribution in [3.63, 3.8) is 0 Å². The van der Waals surface area contributed by atoms with Crippen molar-refractivity contribution in [1.82, 2.24) is 9.47 Å². The van der Waals surface area contributed by atoms with E-state index in [-0.39, 0.29) is 30.7 Å². The average molecular weight is 387 g/mol. The number of hydrogen-bond acceptors (Lipinski definition) is 3. The van der Waals surface area contributed by atoms with Gasteiger partial charge < -0.3 is 20.5 Å². The molecule has 1 aliphatic carbocycles. The smallest absolute Gasteiger partial charge is 0.244 e. The lowest BCUT2D eigenvalue weighted by Crippen LogP contribution is -2.48. The van der Waals surface area contributed by atoms with E-state index in [9.17, 15) is 4.79 Å². The first kappa shape index (κ1) is 21.8. The zero-order chi connectivity index (χ0) is 16.4. The standard InChI is InChI=1S/C18H26N4O.2ClH/c1-21(2)11-12-22-10-7-14-5-6-15(13-16(14)22)20-17(23)18(19)8-3-4-9-18;;/h5-7,10,13H,3-4,8-9,11-12,19H2,1-2H3,(H,20,23);2*1H. The summed E-state index contributed by atoms with van der Waals surface area (Å²) in [5, 5.41) is 4.20. The van der Waals surface area contributed by atoms with Crippen LogP contribution in [0.15, 0.2) is 30.5 Å². The Morgan fingerprint density at radius 2 is 1.92 bits per heavy atom. The number of nitrogens with zero attached hydrogens (tertiary/aromatic N) is 2. The molecular weight excluding hydrogens is 359 g/mol. The number of nitrogens with one attached hydrogen (secondary N) is 1. The van der Waals surface area contributed by atoms with Crippen LogP contribution in [0, 0.1) is 0 Å². The third-order valence-corrected chi connectivity index (χ3v) is 4.77. The topological polar surface area (TPSA) is 63.3 Å². The quantitative estimate of drug-likeness (QED) is 0.828. The Hall–Kier alpha value is -1.27. The van der Waals surface area contributed by atoms with Crippen molar-refractivity contribution in [1.29, 1.82) is 0 Å². The molecule has 140 valence electrons. The van der Waals surface area contributed by atoms with Crippen LogP contribution in [-0.2, 0) is 11.3 Å². The fraction of sp³-hybridized carbons (Fsp3) is 0.500. The van der Waals surface area contributed by atoms with E-state index in [1.807, 2.05) is 12.1 Å². The summed E-state index contributed by atoms with van der Waals surface area (Å²) in [6.45, 7) is 1.90. The summed E-state index contributed by atoms with van der Waals surface area (Å²) in [5.74, 6) is -0.0549. The highest BCUT2D eigenvalue weighted by Crippen LogP contribution is 2.29. The molecule has 1 fully saturated rings. The highest BCUT2D eigenvalue weighted by Gasteiger charge is 2.36. The van der Waals surface area contributed by atoms with Crippen molar-refractivity contribution in [3.8, 4) is 0 Å². The Labute approximate surface area is 161 Å². The second-order valence-electron chi connectivity index (χ2n) is 6.90. The van der Waals surface area contributed by atoms with E-state index in [0.29, 0.717) is 0 Å². The van der Waals surface area contributed by atoms with Crippen molar-refractivity contribution in [2.45, 2.75) is 37.8 Å². The zero-order valence-electron chi connectivity index (χ0n) is 14.8. The maximum absolute atomic E-state index is 12.5. The van der Waals surface area contributed by atoms with E-state index in [0.717, 1.165) is 50.0 Å². The molecule has 1 aromatic heterocycles. The van der Waals surface area contributed by atoms with E-state index < -0.39 is 5.54 Å². The second kappa shape index (κ2) is 8.90. The number of hydrogen-bond donors (Lipinski definition) is 2. The molecule has 1 amide bonds. The Bertz CT molecular complexity index is 708. The minimum absolute atomic E-state index is 0. The molecule has 3 N–H and O–H groups in total. The van der Waals surface area contributed by atoms with Gasteiger partial charge in [-0.3, -0.25) is 4.79 Å². The van der Waals surface area contributed by atoms with Gasteiger partial charge in [-0.05, 0) is 50.5 Å². The van der Waals surface area contributed by atoms with E-state index in [2.05, 4.69) is 47.2 Å². The SMILES string of the molecule is CN(C)CCn1ccc2ccc(NC(=O)C3(N)CCCC3)cc21.Cl.Cl. The van der Waals surface area contributed by atoms with Gasteiger partial charge in [-0.2, -0.15) is 0 Å². The van der Waals surface area contributed by atoms with Gasteiger partial charge in [0, 0.05) is 25.0 Å². The zero-order valence-corrected chi connectivity index (χ0v) is 16.5. The van der Waals surface area contributed by atoms with E-state index in [1.165, 1.54) is 5.39 Å². The first-order chi connectivity index (χ1) is 11.0. The van der Waals surface area contributed by atoms with Gasteiger partial charge in [0.2, 0.25) is 5.91 Å². The van der Waals surface area contributed by atoms with Crippen molar-refractivity contribution >= 4 is 47.3 Å². The van der Waals surface area contributed by atoms with Gasteiger partial charge in [0.15, 0.2) is 0 Å². The number of amides is 1. The molecule has 25 heavy (non-hydrogen) atoms. The molecule has 0 spiro atoms. The van der Waals surface area contributed by atoms with E-state index in [4.69, 9.17) is 5.73 Å². The number of fused-ring (bicyclic) bond motifs is 1. The summed E-state index contributed by atoms with van der Waals surface area (Å²) in [6, 6.07) is 8.16. The highest BCUT2D eigenvalue weighted by molar-refractivity contribution is 5.99. The third kappa shape index (κ3) is 4.88. The highest BCUT2D eigenvalue weighted by atomic mass is 35.5. The molecule has 0 aliphatic heterocycles. The lowest BCUT2D eigenvalue weighted by Gasteiger charge is -2.22. The molecule has 0 unspecified atom stereocenters. The number of anilines is 1. The molecule has 1 saturated carbocycles. The number of halogens is 2. The summed E-state index contributed by atoms with van der Waals surface area (Å²) in [6.07, 6.45) is 5.73. The maximum Gasteiger partial charge on any atom is 0.244 e. The minimum atomic E-state index is -0.693. The van der Waals surface area contributed by atoms with Gasteiger partial charge in [0.05, 0.1) is 11.1 Å². The average Bonchev–Trinajstić information content (AvgIpc) is 3.12. The molecule has 1 aromatic carbocycles. The number of rotatable bonds is 5. The molecule has 5 nitrogen and oxygen atoms in total. The number of carbonyl (C=O) groups is 1. The van der Waals surface area contributed by atoms with Crippen molar-refractivity contribution in [2.75, 3.05) is 26.0 Å². The Kier molecular flexibility index (Phi) is 7.75. The third-order valence-electron chi connectivity index (χ3n) is 4.77. The second-order valence-corrected chi connectivity index (χ2v) is 6.90. The van der Waals surface area contributed by atoms with Crippen LogP contribution in [0.4, 0.5) is 5.69 Å². The molecule has 2 aromatic rings. The number of benzene rings is 1. The van der Waals surface area contributed by atoms with Gasteiger partial charge in [0.1, 0.15) is 0 Å². The van der Waals surface area contributed by atoms with Gasteiger partial charge in [-0.1, -0.05) is 18.9 Å². The normalized spacial score (nSPS) is 15.7. The lowest BCUT2D eigenvalue weighted by atomic mass is 9.98. The van der Waals surface area contributed by atoms with E-state index >= 15 is 0 Å². The molecular formula is C18H28Cl2N4O. The molecule has 0 radical (unpaired) electrons. The largest absolute Gasteiger partial charge is 0.346 e. The number of likely N-dealkylation sites (N-methyl/N-ethyl adjacent to an activating group) is 1. The monoisotopic (exact) mass is 386 g/mol. The Morgan fingerprint density at radius 3 is 2.56 bits per heavy atom. The van der Waals surface area contributed by atoms with Crippen LogP contribution < -0.4 is 11.1 Å². The van der Waals surface area contributed by atoms with Gasteiger partial charge in [-0.15, -0.1) is 24.8 Å². The van der Waals surface area contributed by atoms with Gasteiger partial charge in [-0.25, -0.2) is 0 Å². The summed E-state index contributed by atoms with van der Waals surface area (Å²) in [5.41, 5.74) is 7.50. The minimum Gasteiger partial charge on any atom is -0.346 e. The van der Waals surface area contributed by atoms with Crippen LogP contribution in [0.25, 0.3) is 10.9 Å². The van der Waals surface area contributed by atoms with Gasteiger partial charge >= 0.3 is 0 Å².